The first kappa shape index (κ1) is 11.2. The highest BCUT2D eigenvalue weighted by atomic mass is 16.5. The molecule has 2 rings (SSSR count). The maximum absolute atomic E-state index is 12.1. The molecule has 0 aliphatic carbocycles. The van der Waals surface area contributed by atoms with Gasteiger partial charge in [-0.15, -0.1) is 0 Å². The Morgan fingerprint density at radius 2 is 2.38 bits per heavy atom. The summed E-state index contributed by atoms with van der Waals surface area (Å²) in [5.41, 5.74) is 7.12. The van der Waals surface area contributed by atoms with Crippen molar-refractivity contribution in [2.45, 2.75) is 32.0 Å². The third-order valence-electron chi connectivity index (χ3n) is 2.82. The van der Waals surface area contributed by atoms with Gasteiger partial charge in [0.05, 0.1) is 6.10 Å². The zero-order valence-corrected chi connectivity index (χ0v) is 9.35. The number of aryl methyl sites for hydroxylation is 1. The van der Waals surface area contributed by atoms with E-state index >= 15 is 0 Å². The highest BCUT2D eigenvalue weighted by molar-refractivity contribution is 5.99. The maximum Gasteiger partial charge on any atom is 0.193 e. The minimum atomic E-state index is -0.336. The first-order valence-corrected chi connectivity index (χ1v) is 5.52. The van der Waals surface area contributed by atoms with Gasteiger partial charge in [0.15, 0.2) is 5.78 Å². The zero-order valence-electron chi connectivity index (χ0n) is 9.35. The summed E-state index contributed by atoms with van der Waals surface area (Å²) >= 11 is 0. The van der Waals surface area contributed by atoms with Crippen LogP contribution in [0.25, 0.3) is 0 Å². The molecule has 1 fully saturated rings. The standard InChI is InChI=1S/C12H16N2O2/c1-8-4-9(7-14-6-8)12(15)11-3-2-10(5-13)16-11/h4,6-7,10-11H,2-3,5,13H2,1H3. The predicted molar refractivity (Wildman–Crippen MR) is 60.3 cm³/mol. The summed E-state index contributed by atoms with van der Waals surface area (Å²) in [4.78, 5) is 16.1. The number of carbonyl (C=O) groups excluding carboxylic acids is 1. The Morgan fingerprint density at radius 3 is 3.00 bits per heavy atom. The van der Waals surface area contributed by atoms with Crippen molar-refractivity contribution in [3.63, 3.8) is 0 Å². The minimum absolute atomic E-state index is 0.0205. The van der Waals surface area contributed by atoms with Crippen LogP contribution in [-0.4, -0.2) is 29.5 Å². The van der Waals surface area contributed by atoms with Gasteiger partial charge in [0.2, 0.25) is 0 Å². The van der Waals surface area contributed by atoms with Crippen LogP contribution >= 0.6 is 0 Å². The van der Waals surface area contributed by atoms with Gasteiger partial charge in [-0.2, -0.15) is 0 Å². The molecule has 1 aliphatic rings. The minimum Gasteiger partial charge on any atom is -0.366 e. The molecule has 0 radical (unpaired) electrons. The summed E-state index contributed by atoms with van der Waals surface area (Å²) in [6.45, 7) is 2.40. The molecule has 0 spiro atoms. The fourth-order valence-electron chi connectivity index (χ4n) is 1.95. The van der Waals surface area contributed by atoms with E-state index < -0.39 is 0 Å². The molecule has 1 aliphatic heterocycles. The van der Waals surface area contributed by atoms with Gasteiger partial charge in [0.25, 0.3) is 0 Å². The third-order valence-corrected chi connectivity index (χ3v) is 2.82. The molecular weight excluding hydrogens is 204 g/mol. The van der Waals surface area contributed by atoms with Gasteiger partial charge in [-0.05, 0) is 31.4 Å². The predicted octanol–water partition coefficient (Wildman–Crippen LogP) is 1.08. The van der Waals surface area contributed by atoms with Crippen LogP contribution in [-0.2, 0) is 4.74 Å². The average molecular weight is 220 g/mol. The molecule has 86 valence electrons. The van der Waals surface area contributed by atoms with E-state index in [2.05, 4.69) is 4.98 Å². The summed E-state index contributed by atoms with van der Waals surface area (Å²) in [6.07, 6.45) is 4.65. The van der Waals surface area contributed by atoms with Gasteiger partial charge in [0.1, 0.15) is 6.10 Å². The lowest BCUT2D eigenvalue weighted by atomic mass is 10.0. The van der Waals surface area contributed by atoms with E-state index in [4.69, 9.17) is 10.5 Å². The molecule has 4 nitrogen and oxygen atoms in total. The van der Waals surface area contributed by atoms with Gasteiger partial charge >= 0.3 is 0 Å². The second kappa shape index (κ2) is 4.72. The van der Waals surface area contributed by atoms with Crippen molar-refractivity contribution in [1.29, 1.82) is 0 Å². The van der Waals surface area contributed by atoms with Crippen LogP contribution in [0.1, 0.15) is 28.8 Å². The second-order valence-corrected chi connectivity index (χ2v) is 4.18. The second-order valence-electron chi connectivity index (χ2n) is 4.18. The number of aromatic nitrogens is 1. The van der Waals surface area contributed by atoms with Crippen molar-refractivity contribution in [3.05, 3.63) is 29.6 Å². The van der Waals surface area contributed by atoms with Crippen LogP contribution in [0, 0.1) is 6.92 Å². The van der Waals surface area contributed by atoms with E-state index in [9.17, 15) is 4.79 Å². The number of Topliss-reactive ketones (excluding diaryl/α,β-unsaturated/α-hetero) is 1. The number of pyridine rings is 1. The number of nitrogens with two attached hydrogens (primary N) is 1. The van der Waals surface area contributed by atoms with Crippen molar-refractivity contribution in [3.8, 4) is 0 Å². The molecule has 2 heterocycles. The van der Waals surface area contributed by atoms with Crippen LogP contribution in [0.15, 0.2) is 18.5 Å². The summed E-state index contributed by atoms with van der Waals surface area (Å²) in [6, 6.07) is 1.84. The van der Waals surface area contributed by atoms with E-state index in [1.54, 1.807) is 12.4 Å². The summed E-state index contributed by atoms with van der Waals surface area (Å²) in [7, 11) is 0. The molecule has 0 amide bonds. The van der Waals surface area contributed by atoms with Crippen molar-refractivity contribution in [2.75, 3.05) is 6.54 Å². The Bertz CT molecular complexity index is 392. The molecule has 1 aromatic rings. The van der Waals surface area contributed by atoms with Gasteiger partial charge < -0.3 is 10.5 Å². The van der Waals surface area contributed by atoms with Gasteiger partial charge in [-0.3, -0.25) is 9.78 Å². The number of ether oxygens (including phenoxy) is 1. The lowest BCUT2D eigenvalue weighted by molar-refractivity contribution is 0.0404. The summed E-state index contributed by atoms with van der Waals surface area (Å²) in [5.74, 6) is 0.0205. The van der Waals surface area contributed by atoms with Crippen molar-refractivity contribution in [1.82, 2.24) is 4.98 Å². The van der Waals surface area contributed by atoms with Crippen LogP contribution in [0.2, 0.25) is 0 Å². The molecule has 0 aromatic carbocycles. The Balaban J connectivity index is 2.08. The Labute approximate surface area is 94.8 Å². The fourth-order valence-corrected chi connectivity index (χ4v) is 1.95. The average Bonchev–Trinajstić information content (AvgIpc) is 2.76. The van der Waals surface area contributed by atoms with E-state index in [0.29, 0.717) is 12.1 Å². The molecule has 16 heavy (non-hydrogen) atoms. The fraction of sp³-hybridized carbons (Fsp3) is 0.500. The first-order valence-electron chi connectivity index (χ1n) is 5.52. The lowest BCUT2D eigenvalue weighted by Gasteiger charge is -2.11. The number of ketones is 1. The molecule has 4 heteroatoms. The molecule has 2 N–H and O–H groups in total. The van der Waals surface area contributed by atoms with Gasteiger partial charge in [-0.1, -0.05) is 0 Å². The van der Waals surface area contributed by atoms with E-state index in [-0.39, 0.29) is 18.0 Å². The van der Waals surface area contributed by atoms with Crippen LogP contribution in [0.3, 0.4) is 0 Å². The molecule has 2 unspecified atom stereocenters. The maximum atomic E-state index is 12.1. The third kappa shape index (κ3) is 2.28. The SMILES string of the molecule is Cc1cncc(C(=O)C2CCC(CN)O2)c1. The Morgan fingerprint density at radius 1 is 1.56 bits per heavy atom. The van der Waals surface area contributed by atoms with E-state index in [0.717, 1.165) is 18.4 Å². The van der Waals surface area contributed by atoms with Crippen LogP contribution < -0.4 is 5.73 Å². The van der Waals surface area contributed by atoms with Crippen molar-refractivity contribution < 1.29 is 9.53 Å². The Kier molecular flexibility index (Phi) is 3.31. The summed E-state index contributed by atoms with van der Waals surface area (Å²) in [5, 5.41) is 0. The lowest BCUT2D eigenvalue weighted by Crippen LogP contribution is -2.25. The zero-order chi connectivity index (χ0) is 11.5. The van der Waals surface area contributed by atoms with Gasteiger partial charge in [-0.25, -0.2) is 0 Å². The van der Waals surface area contributed by atoms with Crippen molar-refractivity contribution >= 4 is 5.78 Å². The number of nitrogens with zero attached hydrogens (tertiary/aromatic N) is 1. The normalized spacial score (nSPS) is 24.6. The molecule has 2 atom stereocenters. The van der Waals surface area contributed by atoms with Gasteiger partial charge in [0, 0.05) is 24.5 Å². The topological polar surface area (TPSA) is 65.2 Å². The van der Waals surface area contributed by atoms with Crippen LogP contribution in [0.4, 0.5) is 0 Å². The van der Waals surface area contributed by atoms with Crippen LogP contribution in [0.5, 0.6) is 0 Å². The highest BCUT2D eigenvalue weighted by Crippen LogP contribution is 2.22. The smallest absolute Gasteiger partial charge is 0.193 e. The summed E-state index contributed by atoms with van der Waals surface area (Å²) < 4.78 is 5.56. The molecular formula is C12H16N2O2. The Hall–Kier alpha value is -1.26. The van der Waals surface area contributed by atoms with Crippen molar-refractivity contribution in [2.24, 2.45) is 5.73 Å². The highest BCUT2D eigenvalue weighted by Gasteiger charge is 2.30. The first-order chi connectivity index (χ1) is 7.70. The monoisotopic (exact) mass is 220 g/mol. The molecule has 1 saturated heterocycles. The largest absolute Gasteiger partial charge is 0.366 e. The van der Waals surface area contributed by atoms with E-state index in [1.807, 2.05) is 13.0 Å². The molecule has 0 saturated carbocycles. The number of hydrogen-bond donors (Lipinski definition) is 1. The molecule has 1 aromatic heterocycles. The van der Waals surface area contributed by atoms with E-state index in [1.165, 1.54) is 0 Å². The number of carbonyl (C=O) groups is 1. The number of hydrogen-bond acceptors (Lipinski definition) is 4. The molecule has 0 bridgehead atoms. The quantitative estimate of drug-likeness (QED) is 0.774. The number of rotatable bonds is 3.